The summed E-state index contributed by atoms with van der Waals surface area (Å²) in [6.45, 7) is 0.213. The van der Waals surface area contributed by atoms with E-state index in [9.17, 15) is 14.4 Å². The SMILES string of the molecule is O=C(CCCN1C(=O)c2ccccc2C1=O)N[C@H](c1ccccc1)c1ccncc1. The van der Waals surface area contributed by atoms with Gasteiger partial charge in [-0.15, -0.1) is 0 Å². The number of imide groups is 1. The number of fused-ring (bicyclic) bond motifs is 1. The summed E-state index contributed by atoms with van der Waals surface area (Å²) in [5.41, 5.74) is 2.75. The molecule has 2 aromatic carbocycles. The Kier molecular flexibility index (Phi) is 5.66. The van der Waals surface area contributed by atoms with Crippen molar-refractivity contribution in [2.45, 2.75) is 18.9 Å². The Labute approximate surface area is 174 Å². The van der Waals surface area contributed by atoms with Crippen molar-refractivity contribution in [1.29, 1.82) is 0 Å². The first kappa shape index (κ1) is 19.5. The maximum absolute atomic E-state index is 12.6. The molecule has 1 atom stereocenters. The number of carbonyl (C=O) groups is 3. The zero-order valence-electron chi connectivity index (χ0n) is 16.3. The van der Waals surface area contributed by atoms with E-state index in [0.29, 0.717) is 17.5 Å². The van der Waals surface area contributed by atoms with Crippen LogP contribution in [0.5, 0.6) is 0 Å². The molecule has 6 nitrogen and oxygen atoms in total. The first-order valence-electron chi connectivity index (χ1n) is 9.84. The van der Waals surface area contributed by atoms with Crippen molar-refractivity contribution in [3.63, 3.8) is 0 Å². The van der Waals surface area contributed by atoms with Crippen LogP contribution in [0.25, 0.3) is 0 Å². The number of hydrogen-bond donors (Lipinski definition) is 1. The van der Waals surface area contributed by atoms with Gasteiger partial charge in [-0.05, 0) is 41.8 Å². The fourth-order valence-electron chi connectivity index (χ4n) is 3.63. The highest BCUT2D eigenvalue weighted by Crippen LogP contribution is 2.23. The van der Waals surface area contributed by atoms with Gasteiger partial charge in [0.2, 0.25) is 5.91 Å². The minimum absolute atomic E-state index is 0.141. The third-order valence-corrected chi connectivity index (χ3v) is 5.14. The average molecular weight is 399 g/mol. The third kappa shape index (κ3) is 3.98. The van der Waals surface area contributed by atoms with Crippen LogP contribution < -0.4 is 5.32 Å². The van der Waals surface area contributed by atoms with E-state index in [-0.39, 0.29) is 36.7 Å². The molecule has 1 aliphatic rings. The van der Waals surface area contributed by atoms with Crippen LogP contribution in [0.2, 0.25) is 0 Å². The summed E-state index contributed by atoms with van der Waals surface area (Å²) in [6.07, 6.45) is 4.00. The molecule has 0 aliphatic carbocycles. The van der Waals surface area contributed by atoms with Crippen molar-refractivity contribution < 1.29 is 14.4 Å². The molecule has 0 unspecified atom stereocenters. The van der Waals surface area contributed by atoms with Crippen molar-refractivity contribution in [3.8, 4) is 0 Å². The number of rotatable bonds is 7. The number of benzene rings is 2. The van der Waals surface area contributed by atoms with Gasteiger partial charge >= 0.3 is 0 Å². The van der Waals surface area contributed by atoms with Crippen LogP contribution in [-0.2, 0) is 4.79 Å². The second-order valence-corrected chi connectivity index (χ2v) is 7.10. The van der Waals surface area contributed by atoms with Crippen LogP contribution in [0, 0.1) is 0 Å². The highest BCUT2D eigenvalue weighted by molar-refractivity contribution is 6.21. The zero-order chi connectivity index (χ0) is 20.9. The van der Waals surface area contributed by atoms with E-state index in [4.69, 9.17) is 0 Å². The van der Waals surface area contributed by atoms with Crippen LogP contribution in [0.15, 0.2) is 79.1 Å². The van der Waals surface area contributed by atoms with Crippen molar-refractivity contribution >= 4 is 17.7 Å². The van der Waals surface area contributed by atoms with Gasteiger partial charge in [0.15, 0.2) is 0 Å². The van der Waals surface area contributed by atoms with Gasteiger partial charge in [0.1, 0.15) is 0 Å². The van der Waals surface area contributed by atoms with Gasteiger partial charge in [0, 0.05) is 25.4 Å². The minimum Gasteiger partial charge on any atom is -0.345 e. The molecule has 150 valence electrons. The monoisotopic (exact) mass is 399 g/mol. The van der Waals surface area contributed by atoms with Gasteiger partial charge in [-0.1, -0.05) is 42.5 Å². The molecular formula is C24H21N3O3. The van der Waals surface area contributed by atoms with Crippen LogP contribution in [0.4, 0.5) is 0 Å². The Morgan fingerprint density at radius 3 is 2.03 bits per heavy atom. The Morgan fingerprint density at radius 2 is 1.40 bits per heavy atom. The van der Waals surface area contributed by atoms with Gasteiger partial charge in [0.05, 0.1) is 17.2 Å². The summed E-state index contributed by atoms with van der Waals surface area (Å²) in [6, 6.07) is 20.0. The number of amides is 3. The lowest BCUT2D eigenvalue weighted by atomic mass is 9.99. The third-order valence-electron chi connectivity index (χ3n) is 5.14. The molecule has 3 aromatic rings. The average Bonchev–Trinajstić information content (AvgIpc) is 3.04. The summed E-state index contributed by atoms with van der Waals surface area (Å²) in [4.78, 5) is 42.8. The van der Waals surface area contributed by atoms with Crippen LogP contribution in [0.3, 0.4) is 0 Å². The number of carbonyl (C=O) groups excluding carboxylic acids is 3. The highest BCUT2D eigenvalue weighted by Gasteiger charge is 2.34. The minimum atomic E-state index is -0.296. The molecule has 1 aliphatic heterocycles. The fraction of sp³-hybridized carbons (Fsp3) is 0.167. The van der Waals surface area contributed by atoms with E-state index in [1.54, 1.807) is 36.7 Å². The molecule has 4 rings (SSSR count). The normalized spacial score (nSPS) is 13.8. The van der Waals surface area contributed by atoms with Crippen LogP contribution in [0.1, 0.15) is 50.7 Å². The standard InChI is InChI=1S/C24H21N3O3/c28-21(11-6-16-27-23(29)19-9-4-5-10-20(19)24(27)30)26-22(17-7-2-1-3-8-17)18-12-14-25-15-13-18/h1-5,7-10,12-15,22H,6,11,16H2,(H,26,28)/t22-/m1/s1. The first-order valence-corrected chi connectivity index (χ1v) is 9.84. The molecule has 0 spiro atoms. The Morgan fingerprint density at radius 1 is 0.833 bits per heavy atom. The number of hydrogen-bond acceptors (Lipinski definition) is 4. The number of nitrogens with zero attached hydrogens (tertiary/aromatic N) is 2. The molecule has 0 fully saturated rings. The van der Waals surface area contributed by atoms with Crippen molar-refractivity contribution in [3.05, 3.63) is 101 Å². The van der Waals surface area contributed by atoms with Gasteiger partial charge in [-0.3, -0.25) is 24.3 Å². The fourth-order valence-corrected chi connectivity index (χ4v) is 3.63. The molecule has 6 heteroatoms. The van der Waals surface area contributed by atoms with E-state index < -0.39 is 0 Å². The molecule has 2 heterocycles. The number of nitrogens with one attached hydrogen (secondary N) is 1. The van der Waals surface area contributed by atoms with E-state index in [2.05, 4.69) is 10.3 Å². The molecule has 0 saturated heterocycles. The second kappa shape index (κ2) is 8.69. The van der Waals surface area contributed by atoms with E-state index in [1.165, 1.54) is 4.90 Å². The molecule has 0 bridgehead atoms. The Hall–Kier alpha value is -3.80. The van der Waals surface area contributed by atoms with Gasteiger partial charge in [-0.25, -0.2) is 0 Å². The predicted octanol–water partition coefficient (Wildman–Crippen LogP) is 3.36. The first-order chi connectivity index (χ1) is 14.6. The molecule has 1 N–H and O–H groups in total. The molecule has 0 saturated carbocycles. The van der Waals surface area contributed by atoms with Crippen molar-refractivity contribution in [2.24, 2.45) is 0 Å². The topological polar surface area (TPSA) is 79.4 Å². The van der Waals surface area contributed by atoms with E-state index in [1.807, 2.05) is 42.5 Å². The molecule has 1 aromatic heterocycles. The summed E-state index contributed by atoms with van der Waals surface area (Å²) < 4.78 is 0. The van der Waals surface area contributed by atoms with E-state index in [0.717, 1.165) is 11.1 Å². The lowest BCUT2D eigenvalue weighted by Gasteiger charge is -2.20. The number of pyridine rings is 1. The zero-order valence-corrected chi connectivity index (χ0v) is 16.3. The predicted molar refractivity (Wildman–Crippen MR) is 112 cm³/mol. The van der Waals surface area contributed by atoms with E-state index >= 15 is 0 Å². The van der Waals surface area contributed by atoms with Crippen LogP contribution >= 0.6 is 0 Å². The maximum Gasteiger partial charge on any atom is 0.261 e. The molecular weight excluding hydrogens is 378 g/mol. The summed E-state index contributed by atoms with van der Waals surface area (Å²) in [5, 5.41) is 3.06. The van der Waals surface area contributed by atoms with Gasteiger partial charge in [-0.2, -0.15) is 0 Å². The molecule has 30 heavy (non-hydrogen) atoms. The van der Waals surface area contributed by atoms with Crippen molar-refractivity contribution in [1.82, 2.24) is 15.2 Å². The maximum atomic E-state index is 12.6. The number of aromatic nitrogens is 1. The second-order valence-electron chi connectivity index (χ2n) is 7.10. The smallest absolute Gasteiger partial charge is 0.261 e. The molecule has 0 radical (unpaired) electrons. The summed E-state index contributed by atoms with van der Waals surface area (Å²) in [7, 11) is 0. The van der Waals surface area contributed by atoms with Gasteiger partial charge in [0.25, 0.3) is 11.8 Å². The Balaban J connectivity index is 1.38. The summed E-state index contributed by atoms with van der Waals surface area (Å²) >= 11 is 0. The van der Waals surface area contributed by atoms with Crippen molar-refractivity contribution in [2.75, 3.05) is 6.54 Å². The quantitative estimate of drug-likeness (QED) is 0.618. The lowest BCUT2D eigenvalue weighted by Crippen LogP contribution is -2.33. The van der Waals surface area contributed by atoms with Gasteiger partial charge < -0.3 is 5.32 Å². The highest BCUT2D eigenvalue weighted by atomic mass is 16.2. The molecule has 3 amide bonds. The largest absolute Gasteiger partial charge is 0.345 e. The van der Waals surface area contributed by atoms with Crippen LogP contribution in [-0.4, -0.2) is 34.2 Å². The lowest BCUT2D eigenvalue weighted by molar-refractivity contribution is -0.121. The summed E-state index contributed by atoms with van der Waals surface area (Å²) in [5.74, 6) is -0.734. The Bertz CT molecular complexity index is 993.